The van der Waals surface area contributed by atoms with Crippen LogP contribution in [0.5, 0.6) is 0 Å². The van der Waals surface area contributed by atoms with E-state index >= 15 is 0 Å². The molecular weight excluding hydrogens is 324 g/mol. The lowest BCUT2D eigenvalue weighted by molar-refractivity contribution is 0.0662. The Hall–Kier alpha value is -2.88. The number of fused-ring (bicyclic) bond motifs is 1. The largest absolute Gasteiger partial charge is 0.478 e. The fourth-order valence-corrected chi connectivity index (χ4v) is 2.29. The van der Waals surface area contributed by atoms with Gasteiger partial charge in [-0.15, -0.1) is 0 Å². The lowest BCUT2D eigenvalue weighted by atomic mass is 9.97. The molecular formula is C19H18O6. The maximum Gasteiger partial charge on any atom is 0.336 e. The van der Waals surface area contributed by atoms with Crippen molar-refractivity contribution >= 4 is 22.7 Å². The third kappa shape index (κ3) is 4.80. The predicted molar refractivity (Wildman–Crippen MR) is 92.1 cm³/mol. The average Bonchev–Trinajstić information content (AvgIpc) is 2.60. The Morgan fingerprint density at radius 1 is 1.04 bits per heavy atom. The van der Waals surface area contributed by atoms with Gasteiger partial charge in [0.15, 0.2) is 0 Å². The summed E-state index contributed by atoms with van der Waals surface area (Å²) in [5, 5.41) is 19.6. The number of carbonyl (C=O) groups is 2. The van der Waals surface area contributed by atoms with Gasteiger partial charge >= 0.3 is 11.9 Å². The van der Waals surface area contributed by atoms with Crippen molar-refractivity contribution in [3.05, 3.63) is 47.0 Å². The Kier molecular flexibility index (Phi) is 6.52. The van der Waals surface area contributed by atoms with Gasteiger partial charge in [0.25, 0.3) is 0 Å². The normalized spacial score (nSPS) is 10.3. The molecule has 0 fully saturated rings. The summed E-state index contributed by atoms with van der Waals surface area (Å²) in [6, 6.07) is 7.50. The fourth-order valence-electron chi connectivity index (χ4n) is 2.29. The highest BCUT2D eigenvalue weighted by molar-refractivity contribution is 6.02. The third-order valence-electron chi connectivity index (χ3n) is 3.46. The second-order valence-corrected chi connectivity index (χ2v) is 5.09. The van der Waals surface area contributed by atoms with E-state index in [-0.39, 0.29) is 17.7 Å². The van der Waals surface area contributed by atoms with Crippen molar-refractivity contribution in [2.45, 2.75) is 6.92 Å². The molecule has 0 saturated carbocycles. The predicted octanol–water partition coefficient (Wildman–Crippen LogP) is 2.64. The average molecular weight is 342 g/mol. The molecule has 0 heterocycles. The number of benzene rings is 2. The SMILES string of the molecule is CCOCCOCC#Cc1c(C(=O)O)ccc2cc(C(=O)O)ccc12. The van der Waals surface area contributed by atoms with E-state index in [0.29, 0.717) is 36.2 Å². The maximum atomic E-state index is 11.4. The molecule has 2 aromatic carbocycles. The van der Waals surface area contributed by atoms with Crippen LogP contribution < -0.4 is 0 Å². The number of ether oxygens (including phenoxy) is 2. The van der Waals surface area contributed by atoms with E-state index in [1.807, 2.05) is 6.92 Å². The number of aromatic carboxylic acids is 2. The van der Waals surface area contributed by atoms with Crippen LogP contribution in [-0.4, -0.2) is 48.6 Å². The summed E-state index contributed by atoms with van der Waals surface area (Å²) in [4.78, 5) is 22.5. The number of carboxylic acids is 2. The van der Waals surface area contributed by atoms with E-state index < -0.39 is 11.9 Å². The minimum absolute atomic E-state index is 0.0670. The zero-order valence-corrected chi connectivity index (χ0v) is 13.7. The molecule has 0 amide bonds. The molecule has 6 nitrogen and oxygen atoms in total. The summed E-state index contributed by atoms with van der Waals surface area (Å²) < 4.78 is 10.4. The first-order valence-electron chi connectivity index (χ1n) is 7.72. The summed E-state index contributed by atoms with van der Waals surface area (Å²) >= 11 is 0. The molecule has 0 aliphatic rings. The van der Waals surface area contributed by atoms with Crippen LogP contribution in [-0.2, 0) is 9.47 Å². The molecule has 0 unspecified atom stereocenters. The highest BCUT2D eigenvalue weighted by Crippen LogP contribution is 2.23. The van der Waals surface area contributed by atoms with E-state index in [9.17, 15) is 14.7 Å². The first kappa shape index (κ1) is 18.5. The lowest BCUT2D eigenvalue weighted by Gasteiger charge is -2.06. The number of rotatable bonds is 7. The smallest absolute Gasteiger partial charge is 0.336 e. The Labute approximate surface area is 145 Å². The van der Waals surface area contributed by atoms with Crippen LogP contribution in [0.1, 0.15) is 33.2 Å². The number of carboxylic acid groups (broad SMARTS) is 2. The van der Waals surface area contributed by atoms with Crippen LogP contribution in [0.4, 0.5) is 0 Å². The molecule has 0 aliphatic heterocycles. The molecule has 0 aromatic heterocycles. The quantitative estimate of drug-likeness (QED) is 0.593. The van der Waals surface area contributed by atoms with Crippen LogP contribution in [0, 0.1) is 11.8 Å². The van der Waals surface area contributed by atoms with E-state index in [0.717, 1.165) is 0 Å². The van der Waals surface area contributed by atoms with Crippen molar-refractivity contribution in [3.8, 4) is 11.8 Å². The van der Waals surface area contributed by atoms with Gasteiger partial charge in [0.05, 0.1) is 24.3 Å². The summed E-state index contributed by atoms with van der Waals surface area (Å²) in [5.41, 5.74) is 0.543. The fraction of sp³-hybridized carbons (Fsp3) is 0.263. The monoisotopic (exact) mass is 342 g/mol. The van der Waals surface area contributed by atoms with Crippen molar-refractivity contribution in [1.82, 2.24) is 0 Å². The zero-order valence-electron chi connectivity index (χ0n) is 13.7. The van der Waals surface area contributed by atoms with Gasteiger partial charge in [-0.3, -0.25) is 0 Å². The second kappa shape index (κ2) is 8.83. The molecule has 2 rings (SSSR count). The van der Waals surface area contributed by atoms with E-state index in [1.54, 1.807) is 12.1 Å². The van der Waals surface area contributed by atoms with E-state index in [1.165, 1.54) is 18.2 Å². The molecule has 130 valence electrons. The van der Waals surface area contributed by atoms with E-state index in [4.69, 9.17) is 14.6 Å². The number of hydrogen-bond acceptors (Lipinski definition) is 4. The van der Waals surface area contributed by atoms with Crippen LogP contribution in [0.15, 0.2) is 30.3 Å². The van der Waals surface area contributed by atoms with Gasteiger partial charge in [0.1, 0.15) is 6.61 Å². The van der Waals surface area contributed by atoms with E-state index in [2.05, 4.69) is 11.8 Å². The topological polar surface area (TPSA) is 93.1 Å². The first-order chi connectivity index (χ1) is 12.0. The molecule has 0 radical (unpaired) electrons. The molecule has 25 heavy (non-hydrogen) atoms. The van der Waals surface area contributed by atoms with Crippen LogP contribution >= 0.6 is 0 Å². The van der Waals surface area contributed by atoms with Gasteiger partial charge in [-0.05, 0) is 35.9 Å². The molecule has 0 bridgehead atoms. The Morgan fingerprint density at radius 3 is 2.48 bits per heavy atom. The Balaban J connectivity index is 2.30. The molecule has 0 saturated heterocycles. The van der Waals surface area contributed by atoms with Crippen molar-refractivity contribution < 1.29 is 29.3 Å². The molecule has 2 aromatic rings. The molecule has 2 N–H and O–H groups in total. The van der Waals surface area contributed by atoms with Crippen molar-refractivity contribution in [3.63, 3.8) is 0 Å². The summed E-state index contributed by atoms with van der Waals surface area (Å²) in [7, 11) is 0. The van der Waals surface area contributed by atoms with Gasteiger partial charge in [-0.25, -0.2) is 9.59 Å². The zero-order chi connectivity index (χ0) is 18.2. The molecule has 0 spiro atoms. The molecule has 0 aliphatic carbocycles. The maximum absolute atomic E-state index is 11.4. The summed E-state index contributed by atoms with van der Waals surface area (Å²) in [6.07, 6.45) is 0. The van der Waals surface area contributed by atoms with Gasteiger partial charge < -0.3 is 19.7 Å². The Morgan fingerprint density at radius 2 is 1.80 bits per heavy atom. The molecule has 0 atom stereocenters. The second-order valence-electron chi connectivity index (χ2n) is 5.09. The standard InChI is InChI=1S/C19H18O6/c1-2-24-10-11-25-9-3-4-16-15-7-6-14(18(20)21)12-13(15)5-8-17(16)19(22)23/h5-8,12H,2,9-11H2,1H3,(H,20,21)(H,22,23). The molecule has 6 heteroatoms. The summed E-state index contributed by atoms with van der Waals surface area (Å²) in [5.74, 6) is 3.50. The minimum atomic E-state index is -1.09. The van der Waals surface area contributed by atoms with Crippen molar-refractivity contribution in [1.29, 1.82) is 0 Å². The van der Waals surface area contributed by atoms with Gasteiger partial charge in [0.2, 0.25) is 0 Å². The lowest BCUT2D eigenvalue weighted by Crippen LogP contribution is -2.04. The van der Waals surface area contributed by atoms with Gasteiger partial charge in [0, 0.05) is 12.2 Å². The highest BCUT2D eigenvalue weighted by Gasteiger charge is 2.13. The van der Waals surface area contributed by atoms with Gasteiger partial charge in [-0.2, -0.15) is 0 Å². The van der Waals surface area contributed by atoms with Crippen molar-refractivity contribution in [2.75, 3.05) is 26.4 Å². The first-order valence-corrected chi connectivity index (χ1v) is 7.72. The van der Waals surface area contributed by atoms with Crippen LogP contribution in [0.25, 0.3) is 10.8 Å². The number of hydrogen-bond donors (Lipinski definition) is 2. The van der Waals surface area contributed by atoms with Gasteiger partial charge in [-0.1, -0.05) is 24.0 Å². The summed E-state index contributed by atoms with van der Waals surface area (Å²) in [6.45, 7) is 3.54. The van der Waals surface area contributed by atoms with Crippen LogP contribution in [0.3, 0.4) is 0 Å². The Bertz CT molecular complexity index is 844. The van der Waals surface area contributed by atoms with Crippen molar-refractivity contribution in [2.24, 2.45) is 0 Å². The minimum Gasteiger partial charge on any atom is -0.478 e. The van der Waals surface area contributed by atoms with Crippen LogP contribution in [0.2, 0.25) is 0 Å². The third-order valence-corrected chi connectivity index (χ3v) is 3.46. The highest BCUT2D eigenvalue weighted by atomic mass is 16.5.